The molecule has 1 saturated heterocycles. The molecule has 3 rings (SSSR count). The molecule has 0 saturated carbocycles. The third kappa shape index (κ3) is 3.06. The highest BCUT2D eigenvalue weighted by atomic mass is 16.5. The van der Waals surface area contributed by atoms with E-state index in [0.29, 0.717) is 24.2 Å². The van der Waals surface area contributed by atoms with Crippen molar-refractivity contribution in [3.8, 4) is 11.8 Å². The van der Waals surface area contributed by atoms with Crippen molar-refractivity contribution < 1.29 is 19.1 Å². The number of benzene rings is 1. The third-order valence-electron chi connectivity index (χ3n) is 4.35. The maximum absolute atomic E-state index is 12.3. The van der Waals surface area contributed by atoms with E-state index < -0.39 is 5.97 Å². The smallest absolute Gasteiger partial charge is 0.312 e. The van der Waals surface area contributed by atoms with Gasteiger partial charge in [0.05, 0.1) is 29.9 Å². The van der Waals surface area contributed by atoms with Gasteiger partial charge in [-0.25, -0.2) is 0 Å². The van der Waals surface area contributed by atoms with Crippen LogP contribution in [-0.4, -0.2) is 29.2 Å². The second kappa shape index (κ2) is 6.67. The lowest BCUT2D eigenvalue weighted by atomic mass is 9.85. The van der Waals surface area contributed by atoms with Crippen molar-refractivity contribution in [1.82, 2.24) is 4.90 Å². The number of likely N-dealkylation sites (tertiary alicyclic amines) is 1. The molecule has 24 heavy (non-hydrogen) atoms. The van der Waals surface area contributed by atoms with Crippen LogP contribution < -0.4 is 4.74 Å². The summed E-state index contributed by atoms with van der Waals surface area (Å²) in [5.41, 5.74) is 0.472. The summed E-state index contributed by atoms with van der Waals surface area (Å²) in [5.74, 6) is -1.14. The summed E-state index contributed by atoms with van der Waals surface area (Å²) in [6, 6.07) is 8.14. The fraction of sp³-hybridized carbons (Fsp3) is 0.333. The van der Waals surface area contributed by atoms with Gasteiger partial charge in [0.2, 0.25) is 11.8 Å². The highest BCUT2D eigenvalue weighted by Crippen LogP contribution is 2.35. The molecule has 0 aromatic heterocycles. The Hall–Kier alpha value is -2.94. The highest BCUT2D eigenvalue weighted by Gasteiger charge is 2.46. The first kappa shape index (κ1) is 15.9. The zero-order valence-electron chi connectivity index (χ0n) is 13.0. The molecule has 0 bridgehead atoms. The second-order valence-electron chi connectivity index (χ2n) is 5.84. The molecular formula is C18H16N2O4. The Morgan fingerprint density at radius 3 is 2.25 bits per heavy atom. The van der Waals surface area contributed by atoms with Crippen LogP contribution in [0.1, 0.15) is 24.8 Å². The molecule has 2 aliphatic rings. The van der Waals surface area contributed by atoms with Crippen molar-refractivity contribution in [2.24, 2.45) is 11.8 Å². The number of nitriles is 1. The maximum Gasteiger partial charge on any atom is 0.312 e. The normalized spacial score (nSPS) is 22.2. The Morgan fingerprint density at radius 2 is 1.71 bits per heavy atom. The zero-order chi connectivity index (χ0) is 17.1. The highest BCUT2D eigenvalue weighted by molar-refractivity contribution is 6.05. The van der Waals surface area contributed by atoms with Crippen LogP contribution in [0, 0.1) is 23.2 Å². The molecular weight excluding hydrogens is 308 g/mol. The molecule has 1 aromatic carbocycles. The van der Waals surface area contributed by atoms with E-state index in [4.69, 9.17) is 10.00 Å². The van der Waals surface area contributed by atoms with Crippen LogP contribution in [0.3, 0.4) is 0 Å². The van der Waals surface area contributed by atoms with Gasteiger partial charge in [0.1, 0.15) is 5.75 Å². The van der Waals surface area contributed by atoms with E-state index in [1.54, 1.807) is 12.1 Å². The first-order valence-electron chi connectivity index (χ1n) is 7.81. The van der Waals surface area contributed by atoms with Gasteiger partial charge < -0.3 is 4.74 Å². The van der Waals surface area contributed by atoms with Crippen LogP contribution >= 0.6 is 0 Å². The third-order valence-corrected chi connectivity index (χ3v) is 4.35. The van der Waals surface area contributed by atoms with Crippen molar-refractivity contribution in [2.45, 2.75) is 19.3 Å². The Morgan fingerprint density at radius 1 is 1.12 bits per heavy atom. The molecule has 2 amide bonds. The van der Waals surface area contributed by atoms with Crippen molar-refractivity contribution in [1.29, 1.82) is 5.26 Å². The summed E-state index contributed by atoms with van der Waals surface area (Å²) in [5, 5.41) is 8.72. The molecule has 0 unspecified atom stereocenters. The van der Waals surface area contributed by atoms with Gasteiger partial charge in [-0.1, -0.05) is 12.2 Å². The molecule has 0 radical (unpaired) electrons. The minimum atomic E-state index is -0.520. The second-order valence-corrected chi connectivity index (χ2v) is 5.84. The monoisotopic (exact) mass is 324 g/mol. The summed E-state index contributed by atoms with van der Waals surface area (Å²) in [6.45, 7) is 0.0414. The van der Waals surface area contributed by atoms with Crippen LogP contribution in [0.2, 0.25) is 0 Å². The fourth-order valence-electron chi connectivity index (χ4n) is 3.07. The summed E-state index contributed by atoms with van der Waals surface area (Å²) >= 11 is 0. The maximum atomic E-state index is 12.3. The minimum Gasteiger partial charge on any atom is -0.426 e. The van der Waals surface area contributed by atoms with Crippen molar-refractivity contribution >= 4 is 17.8 Å². The number of hydrogen-bond donors (Lipinski definition) is 0. The van der Waals surface area contributed by atoms with Crippen LogP contribution in [0.15, 0.2) is 36.4 Å². The van der Waals surface area contributed by atoms with Gasteiger partial charge in [-0.3, -0.25) is 19.3 Å². The number of esters is 1. The molecule has 122 valence electrons. The number of rotatable bonds is 4. The molecule has 0 spiro atoms. The van der Waals surface area contributed by atoms with Crippen molar-refractivity contribution in [3.05, 3.63) is 42.0 Å². The molecule has 1 aromatic rings. The van der Waals surface area contributed by atoms with Gasteiger partial charge in [-0.2, -0.15) is 5.26 Å². The quantitative estimate of drug-likeness (QED) is 0.365. The zero-order valence-corrected chi connectivity index (χ0v) is 13.0. The largest absolute Gasteiger partial charge is 0.426 e. The Labute approximate surface area is 139 Å². The lowest BCUT2D eigenvalue weighted by molar-refractivity contribution is -0.141. The van der Waals surface area contributed by atoms with E-state index in [1.165, 1.54) is 17.0 Å². The number of hydrogen-bond acceptors (Lipinski definition) is 5. The van der Waals surface area contributed by atoms with Gasteiger partial charge >= 0.3 is 5.97 Å². The van der Waals surface area contributed by atoms with E-state index in [0.717, 1.165) is 0 Å². The summed E-state index contributed by atoms with van der Waals surface area (Å²) < 4.78 is 5.15. The lowest BCUT2D eigenvalue weighted by Gasteiger charge is -2.14. The summed E-state index contributed by atoms with van der Waals surface area (Å²) in [4.78, 5) is 37.6. The lowest BCUT2D eigenvalue weighted by Crippen LogP contribution is -2.33. The fourth-order valence-corrected chi connectivity index (χ4v) is 3.07. The van der Waals surface area contributed by atoms with E-state index >= 15 is 0 Å². The van der Waals surface area contributed by atoms with Gasteiger partial charge in [0.15, 0.2) is 0 Å². The van der Waals surface area contributed by atoms with E-state index in [-0.39, 0.29) is 36.6 Å². The average Bonchev–Trinajstić information content (AvgIpc) is 2.85. The molecule has 6 nitrogen and oxygen atoms in total. The number of fused-ring (bicyclic) bond motifs is 1. The molecule has 1 aliphatic carbocycles. The Balaban J connectivity index is 1.55. The first-order valence-corrected chi connectivity index (χ1v) is 7.81. The summed E-state index contributed by atoms with van der Waals surface area (Å²) in [7, 11) is 0. The van der Waals surface area contributed by atoms with Gasteiger partial charge in [0.25, 0.3) is 0 Å². The SMILES string of the molecule is N#Cc1ccc(OC(=O)CCN2C(=O)[C@H]3CC=CC[C@H]3C2=O)cc1. The van der Waals surface area contributed by atoms with Crippen molar-refractivity contribution in [3.63, 3.8) is 0 Å². The van der Waals surface area contributed by atoms with Gasteiger partial charge in [-0.05, 0) is 37.1 Å². The molecule has 6 heteroatoms. The standard InChI is InChI=1S/C18H16N2O4/c19-11-12-5-7-13(8-6-12)24-16(21)9-10-20-17(22)14-3-1-2-4-15(14)18(20)23/h1-2,5-8,14-15H,3-4,9-10H2/t14-,15+. The number of nitrogens with zero attached hydrogens (tertiary/aromatic N) is 2. The number of carbonyl (C=O) groups is 3. The number of allylic oxidation sites excluding steroid dienone is 2. The molecule has 1 heterocycles. The number of ether oxygens (including phenoxy) is 1. The average molecular weight is 324 g/mol. The topological polar surface area (TPSA) is 87.5 Å². The van der Waals surface area contributed by atoms with E-state index in [1.807, 2.05) is 18.2 Å². The molecule has 1 aliphatic heterocycles. The molecule has 0 N–H and O–H groups in total. The van der Waals surface area contributed by atoms with Crippen molar-refractivity contribution in [2.75, 3.05) is 6.54 Å². The van der Waals surface area contributed by atoms with Gasteiger partial charge in [-0.15, -0.1) is 0 Å². The Kier molecular flexibility index (Phi) is 4.43. The van der Waals surface area contributed by atoms with Crippen LogP contribution in [0.5, 0.6) is 5.75 Å². The number of carbonyl (C=O) groups excluding carboxylic acids is 3. The van der Waals surface area contributed by atoms with Crippen LogP contribution in [0.25, 0.3) is 0 Å². The van der Waals surface area contributed by atoms with E-state index in [2.05, 4.69) is 0 Å². The molecule has 1 fully saturated rings. The minimum absolute atomic E-state index is 0.0414. The van der Waals surface area contributed by atoms with Crippen LogP contribution in [0.4, 0.5) is 0 Å². The predicted molar refractivity (Wildman–Crippen MR) is 83.5 cm³/mol. The number of amides is 2. The van der Waals surface area contributed by atoms with Gasteiger partial charge in [0, 0.05) is 6.54 Å². The Bertz CT molecular complexity index is 719. The first-order chi connectivity index (χ1) is 11.6. The van der Waals surface area contributed by atoms with E-state index in [9.17, 15) is 14.4 Å². The van der Waals surface area contributed by atoms with Crippen LogP contribution in [-0.2, 0) is 14.4 Å². The predicted octanol–water partition coefficient (Wildman–Crippen LogP) is 1.80. The molecule has 2 atom stereocenters. The summed E-state index contributed by atoms with van der Waals surface area (Å²) in [6.07, 6.45) is 4.97. The number of imide groups is 1.